The molecule has 0 aliphatic carbocycles. The molecule has 0 aliphatic heterocycles. The van der Waals surface area contributed by atoms with Crippen LogP contribution in [0.25, 0.3) is 0 Å². The zero-order chi connectivity index (χ0) is 9.84. The summed E-state index contributed by atoms with van der Waals surface area (Å²) in [7, 11) is 0. The van der Waals surface area contributed by atoms with Gasteiger partial charge in [0.15, 0.2) is 5.16 Å². The molecule has 0 bridgehead atoms. The van der Waals surface area contributed by atoms with E-state index >= 15 is 0 Å². The van der Waals surface area contributed by atoms with Gasteiger partial charge in [-0.25, -0.2) is 10.8 Å². The minimum atomic E-state index is -0.598. The quantitative estimate of drug-likeness (QED) is 0.239. The van der Waals surface area contributed by atoms with E-state index in [1.54, 1.807) is 6.26 Å². The van der Waals surface area contributed by atoms with Gasteiger partial charge in [-0.15, -0.1) is 0 Å². The molecule has 70 valence electrons. The van der Waals surface area contributed by atoms with Crippen LogP contribution in [0, 0.1) is 10.1 Å². The number of nitrogen functional groups attached to an aromatic ring is 1. The molecule has 0 radical (unpaired) electrons. The predicted molar refractivity (Wildman–Crippen MR) is 48.3 cm³/mol. The van der Waals surface area contributed by atoms with E-state index in [0.29, 0.717) is 5.16 Å². The number of aromatic nitrogens is 2. The number of nitrogens with zero attached hydrogens (tertiary/aromatic N) is 3. The maximum absolute atomic E-state index is 10.4. The summed E-state index contributed by atoms with van der Waals surface area (Å²) in [5.41, 5.74) is 1.91. The Morgan fingerprint density at radius 2 is 2.46 bits per heavy atom. The standard InChI is InChI=1S/C5H7N5O2S/c1-13-5-7-2-3(10(11)12)4(8-5)9-6/h2H,6H2,1H3,(H,7,8,9). The van der Waals surface area contributed by atoms with Gasteiger partial charge in [0.1, 0.15) is 6.20 Å². The summed E-state index contributed by atoms with van der Waals surface area (Å²) in [5, 5.41) is 10.8. The first-order valence-corrected chi connectivity index (χ1v) is 4.43. The van der Waals surface area contributed by atoms with Crippen LogP contribution in [0.3, 0.4) is 0 Å². The number of hydrogen-bond acceptors (Lipinski definition) is 7. The molecule has 0 amide bonds. The molecule has 0 unspecified atom stereocenters. The second-order valence-electron chi connectivity index (χ2n) is 1.99. The van der Waals surface area contributed by atoms with Gasteiger partial charge in [0, 0.05) is 0 Å². The fraction of sp³-hybridized carbons (Fsp3) is 0.200. The minimum absolute atomic E-state index is 0.0179. The van der Waals surface area contributed by atoms with Crippen molar-refractivity contribution in [2.45, 2.75) is 5.16 Å². The Bertz CT molecular complexity index is 331. The van der Waals surface area contributed by atoms with E-state index in [4.69, 9.17) is 5.84 Å². The zero-order valence-corrected chi connectivity index (χ0v) is 7.54. The van der Waals surface area contributed by atoms with Crippen LogP contribution in [0.5, 0.6) is 0 Å². The number of nitrogens with two attached hydrogens (primary N) is 1. The summed E-state index contributed by atoms with van der Waals surface area (Å²) < 4.78 is 0. The Kier molecular flexibility index (Phi) is 2.98. The van der Waals surface area contributed by atoms with Crippen molar-refractivity contribution in [3.8, 4) is 0 Å². The van der Waals surface area contributed by atoms with Crippen molar-refractivity contribution < 1.29 is 4.92 Å². The normalized spacial score (nSPS) is 9.69. The van der Waals surface area contributed by atoms with Crippen molar-refractivity contribution in [2.24, 2.45) is 5.84 Å². The van der Waals surface area contributed by atoms with E-state index in [-0.39, 0.29) is 11.5 Å². The molecular weight excluding hydrogens is 194 g/mol. The van der Waals surface area contributed by atoms with Gasteiger partial charge in [-0.3, -0.25) is 10.1 Å². The van der Waals surface area contributed by atoms with Crippen LogP contribution >= 0.6 is 11.8 Å². The highest BCUT2D eigenvalue weighted by atomic mass is 32.2. The van der Waals surface area contributed by atoms with Gasteiger partial charge in [-0.05, 0) is 6.26 Å². The van der Waals surface area contributed by atoms with Crippen LogP contribution in [0.2, 0.25) is 0 Å². The van der Waals surface area contributed by atoms with Crippen molar-refractivity contribution in [2.75, 3.05) is 11.7 Å². The highest BCUT2D eigenvalue weighted by Crippen LogP contribution is 2.21. The Balaban J connectivity index is 3.15. The van der Waals surface area contributed by atoms with E-state index in [0.717, 1.165) is 6.20 Å². The van der Waals surface area contributed by atoms with Gasteiger partial charge in [-0.2, -0.15) is 4.98 Å². The predicted octanol–water partition coefficient (Wildman–Crippen LogP) is 0.392. The summed E-state index contributed by atoms with van der Waals surface area (Å²) in [4.78, 5) is 17.4. The molecule has 8 heteroatoms. The van der Waals surface area contributed by atoms with Crippen LogP contribution in [-0.4, -0.2) is 21.1 Å². The zero-order valence-electron chi connectivity index (χ0n) is 6.72. The number of thioether (sulfide) groups is 1. The first-order chi connectivity index (χ1) is 6.19. The number of nitrogens with one attached hydrogen (secondary N) is 1. The molecule has 7 nitrogen and oxygen atoms in total. The van der Waals surface area contributed by atoms with Crippen LogP contribution in [0.1, 0.15) is 0 Å². The smallest absolute Gasteiger partial charge is 0.303 e. The van der Waals surface area contributed by atoms with E-state index in [2.05, 4.69) is 15.4 Å². The summed E-state index contributed by atoms with van der Waals surface area (Å²) >= 11 is 1.28. The van der Waals surface area contributed by atoms with Crippen LogP contribution in [0.15, 0.2) is 11.4 Å². The van der Waals surface area contributed by atoms with Gasteiger partial charge in [-0.1, -0.05) is 11.8 Å². The lowest BCUT2D eigenvalue weighted by atomic mass is 10.5. The third kappa shape index (κ3) is 2.04. The first-order valence-electron chi connectivity index (χ1n) is 3.21. The molecule has 0 aromatic carbocycles. The highest BCUT2D eigenvalue weighted by Gasteiger charge is 2.15. The van der Waals surface area contributed by atoms with Gasteiger partial charge < -0.3 is 5.43 Å². The Labute approximate surface area is 77.9 Å². The molecule has 1 aromatic heterocycles. The second-order valence-corrected chi connectivity index (χ2v) is 2.77. The molecule has 1 rings (SSSR count). The van der Waals surface area contributed by atoms with Crippen LogP contribution < -0.4 is 11.3 Å². The molecule has 0 aliphatic rings. The highest BCUT2D eigenvalue weighted by molar-refractivity contribution is 7.98. The molecule has 0 saturated carbocycles. The Morgan fingerprint density at radius 3 is 2.92 bits per heavy atom. The van der Waals surface area contributed by atoms with E-state index in [1.807, 2.05) is 0 Å². The van der Waals surface area contributed by atoms with E-state index in [1.165, 1.54) is 11.8 Å². The van der Waals surface area contributed by atoms with Gasteiger partial charge in [0.25, 0.3) is 0 Å². The van der Waals surface area contributed by atoms with Crippen molar-refractivity contribution in [1.82, 2.24) is 9.97 Å². The number of rotatable bonds is 3. The molecule has 1 heterocycles. The van der Waals surface area contributed by atoms with Crippen molar-refractivity contribution in [3.05, 3.63) is 16.3 Å². The monoisotopic (exact) mass is 201 g/mol. The average Bonchev–Trinajstić information content (AvgIpc) is 2.16. The average molecular weight is 201 g/mol. The van der Waals surface area contributed by atoms with Crippen LogP contribution in [-0.2, 0) is 0 Å². The fourth-order valence-electron chi connectivity index (χ4n) is 0.697. The molecule has 0 fully saturated rings. The summed E-state index contributed by atoms with van der Waals surface area (Å²) in [6.45, 7) is 0. The molecule has 0 saturated heterocycles. The van der Waals surface area contributed by atoms with Crippen LogP contribution in [0.4, 0.5) is 11.5 Å². The third-order valence-corrected chi connectivity index (χ3v) is 1.83. The van der Waals surface area contributed by atoms with Crippen molar-refractivity contribution in [1.29, 1.82) is 0 Å². The lowest BCUT2D eigenvalue weighted by Gasteiger charge is -2.00. The lowest BCUT2D eigenvalue weighted by molar-refractivity contribution is -0.384. The number of anilines is 1. The maximum Gasteiger partial charge on any atom is 0.330 e. The summed E-state index contributed by atoms with van der Waals surface area (Å²) in [5.74, 6) is 5.08. The van der Waals surface area contributed by atoms with E-state index in [9.17, 15) is 10.1 Å². The number of hydrogen-bond donors (Lipinski definition) is 2. The van der Waals surface area contributed by atoms with Crippen molar-refractivity contribution >= 4 is 23.3 Å². The topological polar surface area (TPSA) is 107 Å². The van der Waals surface area contributed by atoms with E-state index < -0.39 is 4.92 Å². The molecular formula is C5H7N5O2S. The van der Waals surface area contributed by atoms with Gasteiger partial charge >= 0.3 is 5.69 Å². The fourth-order valence-corrected chi connectivity index (χ4v) is 1.04. The van der Waals surface area contributed by atoms with Crippen molar-refractivity contribution in [3.63, 3.8) is 0 Å². The Hall–Kier alpha value is -1.41. The summed E-state index contributed by atoms with van der Waals surface area (Å²) in [6, 6.07) is 0. The molecule has 13 heavy (non-hydrogen) atoms. The molecule has 0 spiro atoms. The summed E-state index contributed by atoms with van der Waals surface area (Å²) in [6.07, 6.45) is 2.88. The van der Waals surface area contributed by atoms with Gasteiger partial charge in [0.2, 0.25) is 5.82 Å². The first kappa shape index (κ1) is 9.68. The second kappa shape index (κ2) is 4.01. The SMILES string of the molecule is CSc1ncc([N+](=O)[O-])c(NN)n1. The third-order valence-electron chi connectivity index (χ3n) is 1.26. The lowest BCUT2D eigenvalue weighted by Crippen LogP contribution is -2.11. The molecule has 3 N–H and O–H groups in total. The van der Waals surface area contributed by atoms with Gasteiger partial charge in [0.05, 0.1) is 4.92 Å². The molecule has 1 aromatic rings. The maximum atomic E-state index is 10.4. The number of nitro groups is 1. The molecule has 0 atom stereocenters. The number of hydrazine groups is 1. The largest absolute Gasteiger partial charge is 0.330 e. The minimum Gasteiger partial charge on any atom is -0.303 e. The Morgan fingerprint density at radius 1 is 1.77 bits per heavy atom.